The SMILES string of the molecule is O=C(Cc1ccccc1OCc1ccccc1)N1C[C@@H]2COC[C@]2(C(=O)O)C1. The van der Waals surface area contributed by atoms with E-state index >= 15 is 0 Å². The number of rotatable bonds is 6. The Morgan fingerprint density at radius 3 is 2.64 bits per heavy atom. The van der Waals surface area contributed by atoms with Crippen LogP contribution in [-0.2, 0) is 27.4 Å². The van der Waals surface area contributed by atoms with Crippen LogP contribution in [-0.4, -0.2) is 48.2 Å². The van der Waals surface area contributed by atoms with E-state index in [1.54, 1.807) is 4.90 Å². The molecule has 28 heavy (non-hydrogen) atoms. The van der Waals surface area contributed by atoms with Gasteiger partial charge in [0.05, 0.1) is 19.6 Å². The van der Waals surface area contributed by atoms with Crippen LogP contribution < -0.4 is 4.74 Å². The zero-order chi connectivity index (χ0) is 19.6. The molecule has 2 atom stereocenters. The molecule has 146 valence electrons. The predicted octanol–water partition coefficient (Wildman–Crippen LogP) is 2.37. The number of carboxylic acids is 1. The monoisotopic (exact) mass is 381 g/mol. The van der Waals surface area contributed by atoms with Crippen molar-refractivity contribution in [2.45, 2.75) is 13.0 Å². The zero-order valence-electron chi connectivity index (χ0n) is 15.5. The van der Waals surface area contributed by atoms with Crippen molar-refractivity contribution in [2.75, 3.05) is 26.3 Å². The highest BCUT2D eigenvalue weighted by Gasteiger charge is 2.57. The zero-order valence-corrected chi connectivity index (χ0v) is 15.5. The second-order valence-electron chi connectivity index (χ2n) is 7.51. The Bertz CT molecular complexity index is 868. The van der Waals surface area contributed by atoms with Crippen molar-refractivity contribution in [3.63, 3.8) is 0 Å². The van der Waals surface area contributed by atoms with Gasteiger partial charge in [0.25, 0.3) is 0 Å². The Kier molecular flexibility index (Phi) is 5.05. The minimum Gasteiger partial charge on any atom is -0.489 e. The fourth-order valence-corrected chi connectivity index (χ4v) is 4.03. The smallest absolute Gasteiger partial charge is 0.314 e. The largest absolute Gasteiger partial charge is 0.489 e. The number of nitrogens with zero attached hydrogens (tertiary/aromatic N) is 1. The second kappa shape index (κ2) is 7.64. The first-order valence-electron chi connectivity index (χ1n) is 9.42. The van der Waals surface area contributed by atoms with E-state index in [9.17, 15) is 14.7 Å². The van der Waals surface area contributed by atoms with Crippen molar-refractivity contribution in [1.29, 1.82) is 0 Å². The van der Waals surface area contributed by atoms with Gasteiger partial charge in [-0.2, -0.15) is 0 Å². The molecular formula is C22H23NO5. The molecule has 1 N–H and O–H groups in total. The van der Waals surface area contributed by atoms with Gasteiger partial charge in [-0.25, -0.2) is 0 Å². The number of ether oxygens (including phenoxy) is 2. The summed E-state index contributed by atoms with van der Waals surface area (Å²) in [5.41, 5.74) is 0.902. The van der Waals surface area contributed by atoms with Gasteiger partial charge >= 0.3 is 5.97 Å². The molecule has 4 rings (SSSR count). The van der Waals surface area contributed by atoms with Crippen molar-refractivity contribution in [2.24, 2.45) is 11.3 Å². The summed E-state index contributed by atoms with van der Waals surface area (Å²) in [5.74, 6) is -0.420. The maximum absolute atomic E-state index is 12.9. The van der Waals surface area contributed by atoms with Crippen LogP contribution in [0.2, 0.25) is 0 Å². The normalized spacial score (nSPS) is 23.4. The van der Waals surface area contributed by atoms with Crippen LogP contribution in [0.1, 0.15) is 11.1 Å². The number of hydrogen-bond acceptors (Lipinski definition) is 4. The predicted molar refractivity (Wildman–Crippen MR) is 102 cm³/mol. The van der Waals surface area contributed by atoms with Crippen molar-refractivity contribution >= 4 is 11.9 Å². The molecule has 2 aromatic carbocycles. The van der Waals surface area contributed by atoms with Crippen LogP contribution in [0.5, 0.6) is 5.75 Å². The van der Waals surface area contributed by atoms with Crippen LogP contribution >= 0.6 is 0 Å². The molecule has 2 aromatic rings. The van der Waals surface area contributed by atoms with Crippen molar-refractivity contribution in [3.8, 4) is 5.75 Å². The molecule has 0 aliphatic carbocycles. The van der Waals surface area contributed by atoms with E-state index in [0.717, 1.165) is 11.1 Å². The molecule has 0 saturated carbocycles. The third kappa shape index (κ3) is 3.47. The van der Waals surface area contributed by atoms with Crippen molar-refractivity contribution in [3.05, 3.63) is 65.7 Å². The molecular weight excluding hydrogens is 358 g/mol. The van der Waals surface area contributed by atoms with Gasteiger partial charge in [-0.1, -0.05) is 48.5 Å². The second-order valence-corrected chi connectivity index (χ2v) is 7.51. The van der Waals surface area contributed by atoms with E-state index in [2.05, 4.69) is 0 Å². The summed E-state index contributed by atoms with van der Waals surface area (Å²) < 4.78 is 11.3. The summed E-state index contributed by atoms with van der Waals surface area (Å²) in [4.78, 5) is 26.3. The Morgan fingerprint density at radius 1 is 1.14 bits per heavy atom. The van der Waals surface area contributed by atoms with E-state index in [0.29, 0.717) is 25.5 Å². The number of fused-ring (bicyclic) bond motifs is 1. The molecule has 0 bridgehead atoms. The average molecular weight is 381 g/mol. The number of hydrogen-bond donors (Lipinski definition) is 1. The van der Waals surface area contributed by atoms with E-state index < -0.39 is 11.4 Å². The molecule has 2 aliphatic heterocycles. The highest BCUT2D eigenvalue weighted by atomic mass is 16.5. The number of carbonyl (C=O) groups excluding carboxylic acids is 1. The summed E-state index contributed by atoms with van der Waals surface area (Å²) >= 11 is 0. The standard InChI is InChI=1S/C22H23NO5/c24-20(23-11-18-13-27-15-22(18,14-23)21(25)26)10-17-8-4-5-9-19(17)28-12-16-6-2-1-3-7-16/h1-9,18H,10-15H2,(H,25,26)/t18-,22-/m1/s1. The van der Waals surface area contributed by atoms with Crippen LogP contribution in [0.3, 0.4) is 0 Å². The van der Waals surface area contributed by atoms with E-state index in [-0.39, 0.29) is 31.4 Å². The number of likely N-dealkylation sites (tertiary alicyclic amines) is 1. The topological polar surface area (TPSA) is 76.1 Å². The molecule has 0 unspecified atom stereocenters. The number of para-hydroxylation sites is 1. The van der Waals surface area contributed by atoms with Gasteiger partial charge in [-0.3, -0.25) is 9.59 Å². The quantitative estimate of drug-likeness (QED) is 0.831. The minimum absolute atomic E-state index is 0.0780. The third-order valence-corrected chi connectivity index (χ3v) is 5.70. The molecule has 2 saturated heterocycles. The van der Waals surface area contributed by atoms with E-state index in [4.69, 9.17) is 9.47 Å². The maximum atomic E-state index is 12.9. The van der Waals surface area contributed by atoms with Crippen LogP contribution in [0.4, 0.5) is 0 Å². The molecule has 0 aromatic heterocycles. The molecule has 2 aliphatic rings. The number of aliphatic carboxylic acids is 1. The maximum Gasteiger partial charge on any atom is 0.314 e. The highest BCUT2D eigenvalue weighted by molar-refractivity contribution is 5.83. The van der Waals surface area contributed by atoms with Crippen LogP contribution in [0.25, 0.3) is 0 Å². The average Bonchev–Trinajstić information content (AvgIpc) is 3.27. The highest BCUT2D eigenvalue weighted by Crippen LogP contribution is 2.41. The first-order chi connectivity index (χ1) is 13.6. The summed E-state index contributed by atoms with van der Waals surface area (Å²) in [6, 6.07) is 17.3. The molecule has 2 fully saturated rings. The minimum atomic E-state index is -0.959. The molecule has 1 amide bonds. The Balaban J connectivity index is 1.43. The van der Waals surface area contributed by atoms with Crippen LogP contribution in [0, 0.1) is 11.3 Å². The van der Waals surface area contributed by atoms with E-state index in [1.165, 1.54) is 0 Å². The van der Waals surface area contributed by atoms with Gasteiger partial charge in [0.2, 0.25) is 5.91 Å². The molecule has 6 nitrogen and oxygen atoms in total. The summed E-state index contributed by atoms with van der Waals surface area (Å²) in [6.45, 7) is 1.63. The van der Waals surface area contributed by atoms with Gasteiger partial charge in [-0.05, 0) is 11.6 Å². The van der Waals surface area contributed by atoms with E-state index in [1.807, 2.05) is 54.6 Å². The van der Waals surface area contributed by atoms with Gasteiger partial charge < -0.3 is 19.5 Å². The summed E-state index contributed by atoms with van der Waals surface area (Å²) in [7, 11) is 0. The Morgan fingerprint density at radius 2 is 1.89 bits per heavy atom. The summed E-state index contributed by atoms with van der Waals surface area (Å²) in [5, 5.41) is 9.65. The first-order valence-corrected chi connectivity index (χ1v) is 9.42. The van der Waals surface area contributed by atoms with Crippen molar-refractivity contribution in [1.82, 2.24) is 4.90 Å². The lowest BCUT2D eigenvalue weighted by Crippen LogP contribution is -2.40. The molecule has 2 heterocycles. The van der Waals surface area contributed by atoms with Gasteiger partial charge in [-0.15, -0.1) is 0 Å². The summed E-state index contributed by atoms with van der Waals surface area (Å²) in [6.07, 6.45) is 0.189. The van der Waals surface area contributed by atoms with Gasteiger partial charge in [0.1, 0.15) is 17.8 Å². The molecule has 6 heteroatoms. The van der Waals surface area contributed by atoms with Gasteiger partial charge in [0, 0.05) is 24.6 Å². The first kappa shape index (κ1) is 18.5. The number of carbonyl (C=O) groups is 2. The number of benzene rings is 2. The lowest BCUT2D eigenvalue weighted by atomic mass is 9.81. The number of carboxylic acid groups (broad SMARTS) is 1. The lowest BCUT2D eigenvalue weighted by molar-refractivity contribution is -0.149. The Hall–Kier alpha value is -2.86. The molecule has 0 radical (unpaired) electrons. The fraction of sp³-hybridized carbons (Fsp3) is 0.364. The third-order valence-electron chi connectivity index (χ3n) is 5.70. The lowest BCUT2D eigenvalue weighted by Gasteiger charge is -2.22. The molecule has 0 spiro atoms. The van der Waals surface area contributed by atoms with Crippen LogP contribution in [0.15, 0.2) is 54.6 Å². The number of amides is 1. The van der Waals surface area contributed by atoms with Crippen molar-refractivity contribution < 1.29 is 24.2 Å². The van der Waals surface area contributed by atoms with Gasteiger partial charge in [0.15, 0.2) is 0 Å². The Labute approximate surface area is 163 Å². The fourth-order valence-electron chi connectivity index (χ4n) is 4.03.